The first-order chi connectivity index (χ1) is 21.4. The van der Waals surface area contributed by atoms with Crippen LogP contribution in [0.25, 0.3) is 11.5 Å². The van der Waals surface area contributed by atoms with Gasteiger partial charge in [0.1, 0.15) is 6.54 Å². The lowest BCUT2D eigenvalue weighted by Crippen LogP contribution is -2.40. The van der Waals surface area contributed by atoms with E-state index >= 15 is 0 Å². The van der Waals surface area contributed by atoms with Crippen molar-refractivity contribution in [1.82, 2.24) is 15.1 Å². The third kappa shape index (κ3) is 7.26. The van der Waals surface area contributed by atoms with Gasteiger partial charge in [-0.2, -0.15) is 18.2 Å². The predicted molar refractivity (Wildman–Crippen MR) is 165 cm³/mol. The monoisotopic (exact) mass is 681 g/mol. The third-order valence-corrected chi connectivity index (χ3v) is 9.41. The minimum absolute atomic E-state index is 0.155. The average molecular weight is 683 g/mol. The topological polar surface area (TPSA) is 110 Å². The van der Waals surface area contributed by atoms with Crippen LogP contribution < -0.4 is 15.0 Å². The molecule has 238 valence electrons. The van der Waals surface area contributed by atoms with E-state index in [1.165, 1.54) is 43.5 Å². The molecule has 0 spiro atoms. The van der Waals surface area contributed by atoms with Gasteiger partial charge in [0.05, 0.1) is 35.4 Å². The van der Waals surface area contributed by atoms with Gasteiger partial charge in [-0.3, -0.25) is 9.00 Å². The van der Waals surface area contributed by atoms with Crippen molar-refractivity contribution in [3.8, 4) is 17.3 Å². The number of alkyl halides is 3. The molecule has 1 aliphatic carbocycles. The number of rotatable bonds is 11. The summed E-state index contributed by atoms with van der Waals surface area (Å²) in [5.74, 6) is 0.759. The Morgan fingerprint density at radius 3 is 2.36 bits per heavy atom. The molecular formula is C30H28Cl2F3N5O4S. The van der Waals surface area contributed by atoms with Crippen LogP contribution in [-0.2, 0) is 21.0 Å². The number of halogens is 5. The number of carbonyl (C=O) groups excluding carboxylic acids is 1. The van der Waals surface area contributed by atoms with Gasteiger partial charge in [0.25, 0.3) is 5.89 Å². The van der Waals surface area contributed by atoms with Gasteiger partial charge in [-0.15, -0.1) is 0 Å². The van der Waals surface area contributed by atoms with Crippen molar-refractivity contribution in [1.29, 1.82) is 0 Å². The molecule has 1 amide bonds. The van der Waals surface area contributed by atoms with Crippen LogP contribution in [0.2, 0.25) is 10.0 Å². The average Bonchev–Trinajstić information content (AvgIpc) is 3.47. The maximum atomic E-state index is 13.4. The standard InChI is InChI=1S/C30H28Cl2F3N5O4S/c1-3-45(42)21-8-6-20(7-9-21)40(17-30(33,34)35)16-24(41)37-19-13-22(31)26(23(32)14-19)29(11-4-12-29)28-38-27(44-39-28)18-5-10-25(43-2)36-15-18/h5-10,13-15H,3-4,11-12,16-17H2,1-2H3,(H,37,41). The van der Waals surface area contributed by atoms with Crippen molar-refractivity contribution in [3.05, 3.63) is 76.2 Å². The fourth-order valence-corrected chi connectivity index (χ4v) is 6.81. The van der Waals surface area contributed by atoms with Crippen molar-refractivity contribution in [2.45, 2.75) is 42.7 Å². The van der Waals surface area contributed by atoms with Gasteiger partial charge in [-0.05, 0) is 55.3 Å². The number of nitrogens with zero attached hydrogens (tertiary/aromatic N) is 4. The van der Waals surface area contributed by atoms with Gasteiger partial charge in [0.2, 0.25) is 11.8 Å². The first kappa shape index (κ1) is 32.7. The van der Waals surface area contributed by atoms with Gasteiger partial charge < -0.3 is 19.5 Å². The SMILES string of the molecule is CCS(=O)c1ccc(N(CC(=O)Nc2cc(Cl)c(C3(c4noc(-c5ccc(OC)nc5)n4)CCC3)c(Cl)c2)CC(F)(F)F)cc1. The molecule has 1 aliphatic rings. The van der Waals surface area contributed by atoms with E-state index in [-0.39, 0.29) is 27.3 Å². The second kappa shape index (κ2) is 13.4. The van der Waals surface area contributed by atoms with Crippen molar-refractivity contribution in [2.75, 3.05) is 36.2 Å². The summed E-state index contributed by atoms with van der Waals surface area (Å²) in [6.07, 6.45) is -0.858. The second-order valence-electron chi connectivity index (χ2n) is 10.4. The molecule has 4 aromatic rings. The van der Waals surface area contributed by atoms with Crippen LogP contribution >= 0.6 is 23.2 Å². The zero-order chi connectivity index (χ0) is 32.4. The highest BCUT2D eigenvalue weighted by Gasteiger charge is 2.47. The van der Waals surface area contributed by atoms with E-state index in [0.29, 0.717) is 46.3 Å². The summed E-state index contributed by atoms with van der Waals surface area (Å²) in [5, 5.41) is 7.30. The summed E-state index contributed by atoms with van der Waals surface area (Å²) in [4.78, 5) is 23.1. The number of methoxy groups -OCH3 is 1. The van der Waals surface area contributed by atoms with E-state index in [9.17, 15) is 22.2 Å². The van der Waals surface area contributed by atoms with Crippen LogP contribution in [0.1, 0.15) is 37.6 Å². The summed E-state index contributed by atoms with van der Waals surface area (Å²) in [5.41, 5.74) is 0.814. The number of pyridine rings is 1. The van der Waals surface area contributed by atoms with E-state index in [4.69, 9.17) is 32.5 Å². The first-order valence-corrected chi connectivity index (χ1v) is 15.9. The molecule has 2 heterocycles. The maximum absolute atomic E-state index is 13.4. The van der Waals surface area contributed by atoms with E-state index in [2.05, 4.69) is 20.4 Å². The Balaban J connectivity index is 1.35. The number of hydrogen-bond donors (Lipinski definition) is 1. The molecule has 9 nitrogen and oxygen atoms in total. The van der Waals surface area contributed by atoms with Gasteiger partial charge in [0, 0.05) is 49.9 Å². The van der Waals surface area contributed by atoms with Crippen molar-refractivity contribution in [2.24, 2.45) is 0 Å². The Kier molecular flexibility index (Phi) is 9.71. The van der Waals surface area contributed by atoms with Crippen molar-refractivity contribution >= 4 is 51.3 Å². The normalized spacial score (nSPS) is 14.8. The Labute approximate surface area is 269 Å². The molecule has 1 N–H and O–H groups in total. The minimum Gasteiger partial charge on any atom is -0.481 e. The number of hydrogen-bond acceptors (Lipinski definition) is 8. The fourth-order valence-electron chi connectivity index (χ4n) is 5.19. The number of ether oxygens (including phenoxy) is 1. The van der Waals surface area contributed by atoms with Crippen LogP contribution in [0.15, 0.2) is 64.1 Å². The summed E-state index contributed by atoms with van der Waals surface area (Å²) in [7, 11) is 0.249. The highest BCUT2D eigenvalue weighted by atomic mass is 35.5. The molecule has 0 radical (unpaired) electrons. The smallest absolute Gasteiger partial charge is 0.405 e. The Hall–Kier alpha value is -3.68. The molecule has 1 saturated carbocycles. The van der Waals surface area contributed by atoms with Crippen LogP contribution in [-0.4, -0.2) is 57.4 Å². The number of aromatic nitrogens is 3. The van der Waals surface area contributed by atoms with Crippen LogP contribution in [0.3, 0.4) is 0 Å². The minimum atomic E-state index is -4.57. The molecule has 1 atom stereocenters. The lowest BCUT2D eigenvalue weighted by atomic mass is 9.64. The van der Waals surface area contributed by atoms with Crippen molar-refractivity contribution < 1.29 is 31.4 Å². The Morgan fingerprint density at radius 1 is 1.13 bits per heavy atom. The second-order valence-corrected chi connectivity index (χ2v) is 13.0. The molecular weight excluding hydrogens is 654 g/mol. The molecule has 0 bridgehead atoms. The van der Waals surface area contributed by atoms with Gasteiger partial charge in [-0.1, -0.05) is 41.7 Å². The van der Waals surface area contributed by atoms with E-state index < -0.39 is 41.4 Å². The number of amides is 1. The lowest BCUT2D eigenvalue weighted by Gasteiger charge is -2.40. The number of carbonyl (C=O) groups is 1. The molecule has 45 heavy (non-hydrogen) atoms. The zero-order valence-corrected chi connectivity index (χ0v) is 26.5. The van der Waals surface area contributed by atoms with Gasteiger partial charge >= 0.3 is 6.18 Å². The lowest BCUT2D eigenvalue weighted by molar-refractivity contribution is -0.122. The molecule has 1 unspecified atom stereocenters. The summed E-state index contributed by atoms with van der Waals surface area (Å²) in [6.45, 7) is -0.230. The number of nitrogens with one attached hydrogen (secondary N) is 1. The van der Waals surface area contributed by atoms with Gasteiger partial charge in [0.15, 0.2) is 5.82 Å². The molecule has 1 fully saturated rings. The molecule has 0 aliphatic heterocycles. The van der Waals surface area contributed by atoms with E-state index in [1.54, 1.807) is 25.3 Å². The molecule has 5 rings (SSSR count). The highest BCUT2D eigenvalue weighted by molar-refractivity contribution is 7.85. The molecule has 0 saturated heterocycles. The summed E-state index contributed by atoms with van der Waals surface area (Å²) >= 11 is 13.5. The molecule has 2 aromatic heterocycles. The zero-order valence-electron chi connectivity index (χ0n) is 24.2. The third-order valence-electron chi connectivity index (χ3n) is 7.49. The van der Waals surface area contributed by atoms with Gasteiger partial charge in [-0.25, -0.2) is 4.98 Å². The Morgan fingerprint density at radius 2 is 1.82 bits per heavy atom. The quantitative estimate of drug-likeness (QED) is 0.179. The largest absolute Gasteiger partial charge is 0.481 e. The fraction of sp³-hybridized carbons (Fsp3) is 0.333. The maximum Gasteiger partial charge on any atom is 0.405 e. The first-order valence-electron chi connectivity index (χ1n) is 13.9. The summed E-state index contributed by atoms with van der Waals surface area (Å²) in [6, 6.07) is 12.2. The predicted octanol–water partition coefficient (Wildman–Crippen LogP) is 7.05. The molecule has 2 aromatic carbocycles. The van der Waals surface area contributed by atoms with Crippen LogP contribution in [0.4, 0.5) is 24.5 Å². The van der Waals surface area contributed by atoms with Crippen LogP contribution in [0.5, 0.6) is 5.88 Å². The highest BCUT2D eigenvalue weighted by Crippen LogP contribution is 2.53. The van der Waals surface area contributed by atoms with Crippen LogP contribution in [0, 0.1) is 0 Å². The number of benzene rings is 2. The molecule has 15 heteroatoms. The summed E-state index contributed by atoms with van der Waals surface area (Å²) < 4.78 is 62.9. The Bertz CT molecular complexity index is 1670. The van der Waals surface area contributed by atoms with E-state index in [0.717, 1.165) is 11.3 Å². The van der Waals surface area contributed by atoms with Crippen molar-refractivity contribution in [3.63, 3.8) is 0 Å². The number of anilines is 2. The van der Waals surface area contributed by atoms with E-state index in [1.807, 2.05) is 0 Å².